The van der Waals surface area contributed by atoms with Gasteiger partial charge in [0.05, 0.1) is 6.04 Å². The zero-order chi connectivity index (χ0) is 10.3. The molecule has 0 aliphatic heterocycles. The van der Waals surface area contributed by atoms with Crippen LogP contribution in [0.15, 0.2) is 30.3 Å². The molecule has 2 heteroatoms. The summed E-state index contributed by atoms with van der Waals surface area (Å²) in [6, 6.07) is 8.89. The van der Waals surface area contributed by atoms with Crippen LogP contribution in [0, 0.1) is 0 Å². The van der Waals surface area contributed by atoms with Crippen molar-refractivity contribution in [1.82, 2.24) is 0 Å². The fraction of sp³-hybridized carbons (Fsp3) is 0.364. The first-order chi connectivity index (χ1) is 6.22. The van der Waals surface area contributed by atoms with Gasteiger partial charge in [0.2, 0.25) is 0 Å². The summed E-state index contributed by atoms with van der Waals surface area (Å²) in [6.07, 6.45) is 0. The van der Waals surface area contributed by atoms with Crippen molar-refractivity contribution in [1.29, 1.82) is 0 Å². The van der Waals surface area contributed by atoms with Crippen LogP contribution in [-0.2, 0) is 4.79 Å². The number of nitrogens with two attached hydrogens (primary N) is 1. The van der Waals surface area contributed by atoms with Gasteiger partial charge in [0.25, 0.3) is 0 Å². The number of hydrogen-bond acceptors (Lipinski definition) is 2. The van der Waals surface area contributed by atoms with Gasteiger partial charge in [0.15, 0.2) is 5.78 Å². The van der Waals surface area contributed by atoms with E-state index in [-0.39, 0.29) is 5.78 Å². The number of ketones is 1. The summed E-state index contributed by atoms with van der Waals surface area (Å²) in [5, 5.41) is 0. The number of carbonyl (C=O) groups is 1. The minimum atomic E-state index is -0.462. The molecular formula is C11H17NO. The van der Waals surface area contributed by atoms with E-state index in [9.17, 15) is 4.79 Å². The summed E-state index contributed by atoms with van der Waals surface area (Å²) in [6.45, 7) is 5.50. The fourth-order valence-electron chi connectivity index (χ4n) is 0.895. The summed E-state index contributed by atoms with van der Waals surface area (Å²) >= 11 is 0. The minimum absolute atomic E-state index is 0.00352. The van der Waals surface area contributed by atoms with Gasteiger partial charge in [-0.2, -0.15) is 0 Å². The first-order valence-electron chi connectivity index (χ1n) is 4.53. The highest BCUT2D eigenvalue weighted by Gasteiger charge is 2.08. The Kier molecular flexibility index (Phi) is 5.81. The van der Waals surface area contributed by atoms with E-state index in [4.69, 9.17) is 5.73 Å². The molecule has 0 unspecified atom stereocenters. The van der Waals surface area contributed by atoms with Gasteiger partial charge in [0, 0.05) is 0 Å². The first kappa shape index (κ1) is 11.8. The molecule has 13 heavy (non-hydrogen) atoms. The van der Waals surface area contributed by atoms with Gasteiger partial charge in [-0.25, -0.2) is 0 Å². The number of carbonyl (C=O) groups excluding carboxylic acids is 1. The van der Waals surface area contributed by atoms with E-state index in [1.54, 1.807) is 0 Å². The summed E-state index contributed by atoms with van der Waals surface area (Å²) in [7, 11) is 0. The molecule has 0 aliphatic carbocycles. The van der Waals surface area contributed by atoms with Crippen LogP contribution < -0.4 is 5.73 Å². The Morgan fingerprint density at radius 2 is 1.69 bits per heavy atom. The van der Waals surface area contributed by atoms with Crippen LogP contribution in [0.2, 0.25) is 0 Å². The van der Waals surface area contributed by atoms with Crippen LogP contribution in [0.3, 0.4) is 0 Å². The van der Waals surface area contributed by atoms with E-state index in [2.05, 4.69) is 0 Å². The lowest BCUT2D eigenvalue weighted by atomic mass is 10.1. The molecule has 1 rings (SSSR count). The standard InChI is InChI=1S/C9H11NO.C2H6/c1-7(11)9(10)8-5-3-2-4-6-8;1-2/h2-6,9H,10H2,1H3;1-2H3/t9-;/m0./s1. The van der Waals surface area contributed by atoms with Crippen LogP contribution >= 0.6 is 0 Å². The Hall–Kier alpha value is -1.15. The number of benzene rings is 1. The molecule has 0 aromatic heterocycles. The molecule has 2 nitrogen and oxygen atoms in total. The minimum Gasteiger partial charge on any atom is -0.318 e. The molecule has 0 heterocycles. The Morgan fingerprint density at radius 1 is 1.23 bits per heavy atom. The van der Waals surface area contributed by atoms with E-state index >= 15 is 0 Å². The normalized spacial score (nSPS) is 11.1. The second-order valence-corrected chi connectivity index (χ2v) is 2.50. The monoisotopic (exact) mass is 179 g/mol. The third-order valence-electron chi connectivity index (χ3n) is 1.60. The van der Waals surface area contributed by atoms with Crippen molar-refractivity contribution in [3.63, 3.8) is 0 Å². The van der Waals surface area contributed by atoms with E-state index in [0.717, 1.165) is 5.56 Å². The SMILES string of the molecule is CC.CC(=O)[C@H](N)c1ccccc1. The molecule has 2 N–H and O–H groups in total. The van der Waals surface area contributed by atoms with E-state index in [1.165, 1.54) is 6.92 Å². The third-order valence-corrected chi connectivity index (χ3v) is 1.60. The van der Waals surface area contributed by atoms with Crippen LogP contribution in [0.1, 0.15) is 32.4 Å². The summed E-state index contributed by atoms with van der Waals surface area (Å²) in [5.74, 6) is -0.00352. The quantitative estimate of drug-likeness (QED) is 0.757. The van der Waals surface area contributed by atoms with Gasteiger partial charge in [-0.1, -0.05) is 44.2 Å². The second kappa shape index (κ2) is 6.38. The first-order valence-corrected chi connectivity index (χ1v) is 4.53. The fourth-order valence-corrected chi connectivity index (χ4v) is 0.895. The van der Waals surface area contributed by atoms with Gasteiger partial charge in [-0.05, 0) is 12.5 Å². The molecule has 0 spiro atoms. The number of Topliss-reactive ketones (excluding diaryl/α,β-unsaturated/α-hetero) is 1. The maximum Gasteiger partial charge on any atom is 0.150 e. The maximum atomic E-state index is 10.8. The largest absolute Gasteiger partial charge is 0.318 e. The molecule has 0 radical (unpaired) electrons. The zero-order valence-corrected chi connectivity index (χ0v) is 8.45. The lowest BCUT2D eigenvalue weighted by Crippen LogP contribution is -2.18. The summed E-state index contributed by atoms with van der Waals surface area (Å²) < 4.78 is 0. The highest BCUT2D eigenvalue weighted by Crippen LogP contribution is 2.09. The van der Waals surface area contributed by atoms with Crippen molar-refractivity contribution in [2.24, 2.45) is 5.73 Å². The van der Waals surface area contributed by atoms with Crippen LogP contribution in [-0.4, -0.2) is 5.78 Å². The van der Waals surface area contributed by atoms with Crippen LogP contribution in [0.5, 0.6) is 0 Å². The molecule has 1 aromatic rings. The predicted octanol–water partition coefficient (Wildman–Crippen LogP) is 2.30. The molecule has 0 saturated carbocycles. The van der Waals surface area contributed by atoms with Crippen molar-refractivity contribution in [2.45, 2.75) is 26.8 Å². The maximum absolute atomic E-state index is 10.8. The molecule has 0 bridgehead atoms. The molecular weight excluding hydrogens is 162 g/mol. The average molecular weight is 179 g/mol. The molecule has 0 aliphatic rings. The Morgan fingerprint density at radius 3 is 2.08 bits per heavy atom. The van der Waals surface area contributed by atoms with Crippen molar-refractivity contribution in [3.8, 4) is 0 Å². The molecule has 72 valence electrons. The molecule has 0 saturated heterocycles. The van der Waals surface area contributed by atoms with Crippen molar-refractivity contribution < 1.29 is 4.79 Å². The average Bonchev–Trinajstić information content (AvgIpc) is 2.21. The topological polar surface area (TPSA) is 43.1 Å². The Balaban J connectivity index is 0.000000671. The zero-order valence-electron chi connectivity index (χ0n) is 8.45. The second-order valence-electron chi connectivity index (χ2n) is 2.50. The summed E-state index contributed by atoms with van der Waals surface area (Å²) in [5.41, 5.74) is 6.46. The van der Waals surface area contributed by atoms with Crippen LogP contribution in [0.4, 0.5) is 0 Å². The van der Waals surface area contributed by atoms with E-state index in [0.29, 0.717) is 0 Å². The smallest absolute Gasteiger partial charge is 0.150 e. The summed E-state index contributed by atoms with van der Waals surface area (Å²) in [4.78, 5) is 10.8. The highest BCUT2D eigenvalue weighted by atomic mass is 16.1. The third kappa shape index (κ3) is 3.85. The number of rotatable bonds is 2. The Bertz CT molecular complexity index is 244. The van der Waals surface area contributed by atoms with Gasteiger partial charge in [-0.15, -0.1) is 0 Å². The molecule has 0 fully saturated rings. The van der Waals surface area contributed by atoms with E-state index in [1.807, 2.05) is 44.2 Å². The van der Waals surface area contributed by atoms with Crippen LogP contribution in [0.25, 0.3) is 0 Å². The predicted molar refractivity (Wildman–Crippen MR) is 55.4 cm³/mol. The molecule has 0 amide bonds. The van der Waals surface area contributed by atoms with Crippen molar-refractivity contribution in [2.75, 3.05) is 0 Å². The lowest BCUT2D eigenvalue weighted by molar-refractivity contribution is -0.118. The molecule has 1 aromatic carbocycles. The molecule has 1 atom stereocenters. The highest BCUT2D eigenvalue weighted by molar-refractivity contribution is 5.82. The van der Waals surface area contributed by atoms with Gasteiger partial charge < -0.3 is 5.73 Å². The number of hydrogen-bond donors (Lipinski definition) is 1. The lowest BCUT2D eigenvalue weighted by Gasteiger charge is -2.06. The van der Waals surface area contributed by atoms with Crippen molar-refractivity contribution in [3.05, 3.63) is 35.9 Å². The van der Waals surface area contributed by atoms with Gasteiger partial charge >= 0.3 is 0 Å². The van der Waals surface area contributed by atoms with Gasteiger partial charge in [-0.3, -0.25) is 4.79 Å². The Labute approximate surface area is 79.8 Å². The van der Waals surface area contributed by atoms with Crippen molar-refractivity contribution >= 4 is 5.78 Å². The van der Waals surface area contributed by atoms with Gasteiger partial charge in [0.1, 0.15) is 0 Å². The van der Waals surface area contributed by atoms with E-state index < -0.39 is 6.04 Å².